The number of carbonyl (C=O) groups excluding carboxylic acids is 1. The second kappa shape index (κ2) is 7.59. The number of carboxylic acids is 1. The van der Waals surface area contributed by atoms with E-state index in [4.69, 9.17) is 16.7 Å². The van der Waals surface area contributed by atoms with Crippen molar-refractivity contribution >= 4 is 40.1 Å². The number of anilines is 1. The van der Waals surface area contributed by atoms with E-state index in [0.29, 0.717) is 21.6 Å². The van der Waals surface area contributed by atoms with E-state index in [1.165, 1.54) is 11.3 Å². The number of nitrogens with zero attached hydrogens (tertiary/aromatic N) is 2. The molecule has 0 atom stereocenters. The molecule has 1 aromatic heterocycles. The molecule has 0 fully saturated rings. The number of aromatic nitrogens is 2. The van der Waals surface area contributed by atoms with Gasteiger partial charge in [0.1, 0.15) is 5.01 Å². The van der Waals surface area contributed by atoms with E-state index in [9.17, 15) is 9.59 Å². The molecule has 0 aliphatic heterocycles. The first-order chi connectivity index (χ1) is 11.2. The fraction of sp³-hybridized carbons (Fsp3) is 0.333. The molecule has 1 heterocycles. The molecule has 0 saturated carbocycles. The number of halogens is 1. The first-order valence-corrected chi connectivity index (χ1v) is 8.35. The van der Waals surface area contributed by atoms with Gasteiger partial charge in [0.15, 0.2) is 0 Å². The van der Waals surface area contributed by atoms with Crippen LogP contribution in [0, 0.1) is 0 Å². The maximum Gasteiger partial charge on any atom is 0.321 e. The number of hydrogen-bond acceptors (Lipinski definition) is 5. The summed E-state index contributed by atoms with van der Waals surface area (Å²) in [7, 11) is 0. The first-order valence-electron chi connectivity index (χ1n) is 7.15. The van der Waals surface area contributed by atoms with Crippen molar-refractivity contribution in [3.63, 3.8) is 0 Å². The zero-order valence-electron chi connectivity index (χ0n) is 13.2. The summed E-state index contributed by atoms with van der Waals surface area (Å²) in [4.78, 5) is 22.7. The van der Waals surface area contributed by atoms with Crippen molar-refractivity contribution in [2.24, 2.45) is 0 Å². The van der Waals surface area contributed by atoms with E-state index < -0.39 is 17.5 Å². The SMILES string of the molecule is CC(C)(CCC(=O)O)NC(=O)Nc1nnc(-c2cccc(Cl)c2)s1. The number of carboxylic acid groups (broad SMARTS) is 1. The molecule has 0 aliphatic carbocycles. The fourth-order valence-corrected chi connectivity index (χ4v) is 2.85. The van der Waals surface area contributed by atoms with Crippen LogP contribution in [0.15, 0.2) is 24.3 Å². The molecule has 0 radical (unpaired) electrons. The summed E-state index contributed by atoms with van der Waals surface area (Å²) in [6, 6.07) is 6.73. The maximum atomic E-state index is 12.0. The van der Waals surface area contributed by atoms with Gasteiger partial charge in [-0.15, -0.1) is 10.2 Å². The molecule has 1 aromatic carbocycles. The summed E-state index contributed by atoms with van der Waals surface area (Å²) in [6.07, 6.45) is 0.296. The number of hydrogen-bond donors (Lipinski definition) is 3. The second-order valence-corrected chi connectivity index (χ2v) is 7.19. The topological polar surface area (TPSA) is 104 Å². The quantitative estimate of drug-likeness (QED) is 0.722. The van der Waals surface area contributed by atoms with Crippen LogP contribution in [0.25, 0.3) is 10.6 Å². The lowest BCUT2D eigenvalue weighted by molar-refractivity contribution is -0.137. The lowest BCUT2D eigenvalue weighted by Crippen LogP contribution is -2.45. The van der Waals surface area contributed by atoms with E-state index in [-0.39, 0.29) is 6.42 Å². The van der Waals surface area contributed by atoms with Crippen molar-refractivity contribution in [2.45, 2.75) is 32.2 Å². The third-order valence-corrected chi connectivity index (χ3v) is 4.26. The predicted octanol–water partition coefficient (Wildman–Crippen LogP) is 3.62. The number of benzene rings is 1. The van der Waals surface area contributed by atoms with Crippen LogP contribution in [0.5, 0.6) is 0 Å². The minimum absolute atomic E-state index is 0.0228. The Labute approximate surface area is 148 Å². The average molecular weight is 369 g/mol. The number of nitrogens with one attached hydrogen (secondary N) is 2. The van der Waals surface area contributed by atoms with Crippen LogP contribution in [-0.4, -0.2) is 32.8 Å². The highest BCUT2D eigenvalue weighted by Gasteiger charge is 2.22. The summed E-state index contributed by atoms with van der Waals surface area (Å²) in [6.45, 7) is 3.51. The molecular formula is C15H17ClN4O3S. The van der Waals surface area contributed by atoms with Gasteiger partial charge in [-0.1, -0.05) is 35.1 Å². The maximum absolute atomic E-state index is 12.0. The van der Waals surface area contributed by atoms with Gasteiger partial charge in [-0.05, 0) is 32.4 Å². The Balaban J connectivity index is 1.96. The van der Waals surface area contributed by atoms with Crippen molar-refractivity contribution in [3.8, 4) is 10.6 Å². The molecule has 2 amide bonds. The third-order valence-electron chi connectivity index (χ3n) is 3.13. The van der Waals surface area contributed by atoms with Gasteiger partial charge in [0.05, 0.1) is 0 Å². The molecule has 0 bridgehead atoms. The molecule has 0 spiro atoms. The van der Waals surface area contributed by atoms with E-state index in [2.05, 4.69) is 20.8 Å². The molecule has 9 heteroatoms. The number of urea groups is 1. The highest BCUT2D eigenvalue weighted by molar-refractivity contribution is 7.18. The summed E-state index contributed by atoms with van der Waals surface area (Å²) in [5, 5.41) is 23.6. The largest absolute Gasteiger partial charge is 0.481 e. The highest BCUT2D eigenvalue weighted by atomic mass is 35.5. The Hall–Kier alpha value is -2.19. The van der Waals surface area contributed by atoms with Gasteiger partial charge in [0.2, 0.25) is 5.13 Å². The van der Waals surface area contributed by atoms with Crippen LogP contribution >= 0.6 is 22.9 Å². The fourth-order valence-electron chi connectivity index (χ4n) is 1.93. The molecule has 0 saturated heterocycles. The number of carbonyl (C=O) groups is 2. The Kier molecular flexibility index (Phi) is 5.74. The van der Waals surface area contributed by atoms with Crippen LogP contribution in [0.1, 0.15) is 26.7 Å². The predicted molar refractivity (Wildman–Crippen MR) is 93.5 cm³/mol. The van der Waals surface area contributed by atoms with Gasteiger partial charge < -0.3 is 10.4 Å². The lowest BCUT2D eigenvalue weighted by atomic mass is 9.99. The first kappa shape index (κ1) is 18.2. The molecular weight excluding hydrogens is 352 g/mol. The van der Waals surface area contributed by atoms with Crippen LogP contribution in [-0.2, 0) is 4.79 Å². The molecule has 0 unspecified atom stereocenters. The van der Waals surface area contributed by atoms with Crippen LogP contribution in [0.3, 0.4) is 0 Å². The van der Waals surface area contributed by atoms with E-state index in [0.717, 1.165) is 5.56 Å². The minimum atomic E-state index is -0.902. The summed E-state index contributed by atoms with van der Waals surface area (Å²) in [5.74, 6) is -0.902. The van der Waals surface area contributed by atoms with Gasteiger partial charge in [-0.25, -0.2) is 4.79 Å². The zero-order chi connectivity index (χ0) is 17.7. The molecule has 24 heavy (non-hydrogen) atoms. The van der Waals surface area contributed by atoms with Crippen LogP contribution in [0.4, 0.5) is 9.93 Å². The zero-order valence-corrected chi connectivity index (χ0v) is 14.7. The summed E-state index contributed by atoms with van der Waals surface area (Å²) < 4.78 is 0. The monoisotopic (exact) mass is 368 g/mol. The second-order valence-electron chi connectivity index (χ2n) is 5.78. The van der Waals surface area contributed by atoms with Crippen molar-refractivity contribution in [1.29, 1.82) is 0 Å². The Morgan fingerprint density at radius 3 is 2.75 bits per heavy atom. The number of amides is 2. The lowest BCUT2D eigenvalue weighted by Gasteiger charge is -2.25. The summed E-state index contributed by atoms with van der Waals surface area (Å²) >= 11 is 7.17. The molecule has 0 aliphatic rings. The third kappa shape index (κ3) is 5.47. The van der Waals surface area contributed by atoms with E-state index in [1.807, 2.05) is 12.1 Å². The Morgan fingerprint density at radius 2 is 2.08 bits per heavy atom. The molecule has 7 nitrogen and oxygen atoms in total. The van der Waals surface area contributed by atoms with E-state index >= 15 is 0 Å². The smallest absolute Gasteiger partial charge is 0.321 e. The minimum Gasteiger partial charge on any atom is -0.481 e. The van der Waals surface area contributed by atoms with Gasteiger partial charge in [-0.3, -0.25) is 10.1 Å². The Morgan fingerprint density at radius 1 is 1.33 bits per heavy atom. The van der Waals surface area contributed by atoms with Crippen molar-refractivity contribution in [3.05, 3.63) is 29.3 Å². The molecule has 2 aromatic rings. The van der Waals surface area contributed by atoms with Gasteiger partial charge in [0.25, 0.3) is 0 Å². The number of aliphatic carboxylic acids is 1. The van der Waals surface area contributed by atoms with Crippen molar-refractivity contribution in [1.82, 2.24) is 15.5 Å². The van der Waals surface area contributed by atoms with Crippen molar-refractivity contribution < 1.29 is 14.7 Å². The van der Waals surface area contributed by atoms with Crippen LogP contribution < -0.4 is 10.6 Å². The normalized spacial score (nSPS) is 11.1. The average Bonchev–Trinajstić information content (AvgIpc) is 2.93. The standard InChI is InChI=1S/C15H17ClN4O3S/c1-15(2,7-6-11(21)22)18-13(23)17-14-20-19-12(24-14)9-4-3-5-10(16)8-9/h3-5,8H,6-7H2,1-2H3,(H,21,22)(H2,17,18,20,23). The molecule has 128 valence electrons. The molecule has 3 N–H and O–H groups in total. The van der Waals surface area contributed by atoms with Crippen molar-refractivity contribution in [2.75, 3.05) is 5.32 Å². The molecule has 2 rings (SSSR count). The van der Waals surface area contributed by atoms with Crippen LogP contribution in [0.2, 0.25) is 5.02 Å². The Bertz CT molecular complexity index is 748. The van der Waals surface area contributed by atoms with Gasteiger partial charge in [0, 0.05) is 22.5 Å². The van der Waals surface area contributed by atoms with Gasteiger partial charge >= 0.3 is 12.0 Å². The number of rotatable bonds is 6. The van der Waals surface area contributed by atoms with Gasteiger partial charge in [-0.2, -0.15) is 0 Å². The highest BCUT2D eigenvalue weighted by Crippen LogP contribution is 2.28. The summed E-state index contributed by atoms with van der Waals surface area (Å²) in [5.41, 5.74) is 0.165. The van der Waals surface area contributed by atoms with E-state index in [1.54, 1.807) is 26.0 Å².